The van der Waals surface area contributed by atoms with Gasteiger partial charge in [0.25, 0.3) is 0 Å². The molecular weight excluding hydrogens is 232 g/mol. The van der Waals surface area contributed by atoms with Crippen LogP contribution in [0.1, 0.15) is 51.3 Å². The van der Waals surface area contributed by atoms with Gasteiger partial charge in [-0.15, -0.1) is 0 Å². The quantitative estimate of drug-likeness (QED) is 0.862. The molecule has 0 aromatic heterocycles. The van der Waals surface area contributed by atoms with Crippen molar-refractivity contribution in [2.24, 2.45) is 5.41 Å². The maximum absolute atomic E-state index is 9.07. The molecule has 0 radical (unpaired) electrons. The fourth-order valence-corrected chi connectivity index (χ4v) is 2.02. The average Bonchev–Trinajstić information content (AvgIpc) is 2.26. The largest absolute Gasteiger partial charge is 0.383 e. The SMILES string of the molecule is Cc1cc(C(C)(C)C)cc(C)c1NCC(C)(C)C#N. The standard InChI is InChI=1S/C17H26N2/c1-12-8-14(16(3,4)5)9-13(2)15(12)19-11-17(6,7)10-18/h8-9,19H,11H2,1-7H3. The number of nitrogens with zero attached hydrogens (tertiary/aromatic N) is 1. The van der Waals surface area contributed by atoms with Crippen LogP contribution in [0.25, 0.3) is 0 Å². The minimum atomic E-state index is -0.346. The van der Waals surface area contributed by atoms with Crippen LogP contribution in [0.5, 0.6) is 0 Å². The molecule has 1 aromatic carbocycles. The van der Waals surface area contributed by atoms with Gasteiger partial charge in [-0.1, -0.05) is 32.9 Å². The summed E-state index contributed by atoms with van der Waals surface area (Å²) in [6.07, 6.45) is 0. The lowest BCUT2D eigenvalue weighted by molar-refractivity contribution is 0.528. The lowest BCUT2D eigenvalue weighted by atomic mass is 9.84. The number of rotatable bonds is 3. The van der Waals surface area contributed by atoms with Crippen LogP contribution >= 0.6 is 0 Å². The van der Waals surface area contributed by atoms with E-state index in [1.165, 1.54) is 16.7 Å². The van der Waals surface area contributed by atoms with Gasteiger partial charge in [-0.3, -0.25) is 0 Å². The molecule has 0 heterocycles. The van der Waals surface area contributed by atoms with Gasteiger partial charge in [-0.05, 0) is 49.8 Å². The van der Waals surface area contributed by atoms with E-state index in [1.807, 2.05) is 13.8 Å². The topological polar surface area (TPSA) is 35.8 Å². The second kappa shape index (κ2) is 5.25. The molecule has 0 aliphatic carbocycles. The molecule has 1 rings (SSSR count). The molecule has 2 heteroatoms. The van der Waals surface area contributed by atoms with Crippen LogP contribution in [-0.4, -0.2) is 6.54 Å². The van der Waals surface area contributed by atoms with Gasteiger partial charge in [0, 0.05) is 12.2 Å². The smallest absolute Gasteiger partial charge is 0.0702 e. The second-order valence-electron chi connectivity index (χ2n) is 7.08. The van der Waals surface area contributed by atoms with E-state index >= 15 is 0 Å². The molecule has 0 saturated heterocycles. The molecular formula is C17H26N2. The highest BCUT2D eigenvalue weighted by Gasteiger charge is 2.19. The first kappa shape index (κ1) is 15.6. The zero-order valence-electron chi connectivity index (χ0n) is 13.3. The number of hydrogen-bond donors (Lipinski definition) is 1. The van der Waals surface area contributed by atoms with E-state index in [0.29, 0.717) is 6.54 Å². The Morgan fingerprint density at radius 1 is 1.05 bits per heavy atom. The monoisotopic (exact) mass is 258 g/mol. The molecule has 0 atom stereocenters. The molecule has 0 fully saturated rings. The predicted octanol–water partition coefficient (Wildman–Crippen LogP) is 4.56. The van der Waals surface area contributed by atoms with Crippen molar-refractivity contribution in [2.45, 2.75) is 53.9 Å². The van der Waals surface area contributed by atoms with Crippen molar-refractivity contribution in [3.63, 3.8) is 0 Å². The van der Waals surface area contributed by atoms with Crippen LogP contribution < -0.4 is 5.32 Å². The summed E-state index contributed by atoms with van der Waals surface area (Å²) < 4.78 is 0. The number of benzene rings is 1. The van der Waals surface area contributed by atoms with Crippen LogP contribution in [0.15, 0.2) is 12.1 Å². The molecule has 0 spiro atoms. The molecule has 0 saturated carbocycles. The normalized spacial score (nSPS) is 12.1. The van der Waals surface area contributed by atoms with Crippen LogP contribution in [0.4, 0.5) is 5.69 Å². The molecule has 1 N–H and O–H groups in total. The maximum Gasteiger partial charge on any atom is 0.0702 e. The summed E-state index contributed by atoms with van der Waals surface area (Å²) in [7, 11) is 0. The van der Waals surface area contributed by atoms with Gasteiger partial charge in [0.1, 0.15) is 0 Å². The summed E-state index contributed by atoms with van der Waals surface area (Å²) in [5, 5.41) is 12.5. The molecule has 0 aliphatic rings. The van der Waals surface area contributed by atoms with Crippen LogP contribution in [0.2, 0.25) is 0 Å². The summed E-state index contributed by atoms with van der Waals surface area (Å²) in [4.78, 5) is 0. The Morgan fingerprint density at radius 2 is 1.53 bits per heavy atom. The predicted molar refractivity (Wildman–Crippen MR) is 82.5 cm³/mol. The molecule has 19 heavy (non-hydrogen) atoms. The zero-order chi connectivity index (χ0) is 14.8. The first-order valence-corrected chi connectivity index (χ1v) is 6.84. The number of nitrogens with one attached hydrogen (secondary N) is 1. The van der Waals surface area contributed by atoms with E-state index in [0.717, 1.165) is 5.69 Å². The minimum absolute atomic E-state index is 0.167. The van der Waals surface area contributed by atoms with Crippen molar-refractivity contribution >= 4 is 5.69 Å². The third-order valence-corrected chi connectivity index (χ3v) is 3.41. The van der Waals surface area contributed by atoms with Crippen molar-refractivity contribution in [2.75, 3.05) is 11.9 Å². The molecule has 0 unspecified atom stereocenters. The van der Waals surface area contributed by atoms with E-state index in [1.54, 1.807) is 0 Å². The molecule has 0 bridgehead atoms. The zero-order valence-corrected chi connectivity index (χ0v) is 13.3. The third-order valence-electron chi connectivity index (χ3n) is 3.41. The number of anilines is 1. The van der Waals surface area contributed by atoms with Crippen LogP contribution in [0.3, 0.4) is 0 Å². The van der Waals surface area contributed by atoms with Gasteiger partial charge < -0.3 is 5.32 Å². The Balaban J connectivity index is 3.03. The lowest BCUT2D eigenvalue weighted by Gasteiger charge is -2.24. The van der Waals surface area contributed by atoms with Crippen molar-refractivity contribution in [3.8, 4) is 6.07 Å². The lowest BCUT2D eigenvalue weighted by Crippen LogP contribution is -2.22. The Kier molecular flexibility index (Phi) is 4.30. The summed E-state index contributed by atoms with van der Waals surface area (Å²) in [6, 6.07) is 6.81. The average molecular weight is 258 g/mol. The van der Waals surface area contributed by atoms with Crippen LogP contribution in [0, 0.1) is 30.6 Å². The van der Waals surface area contributed by atoms with Gasteiger partial charge in [-0.2, -0.15) is 5.26 Å². The van der Waals surface area contributed by atoms with E-state index in [-0.39, 0.29) is 10.8 Å². The van der Waals surface area contributed by atoms with E-state index < -0.39 is 0 Å². The second-order valence-corrected chi connectivity index (χ2v) is 7.08. The van der Waals surface area contributed by atoms with Crippen molar-refractivity contribution in [1.82, 2.24) is 0 Å². The highest BCUT2D eigenvalue weighted by Crippen LogP contribution is 2.30. The fourth-order valence-electron chi connectivity index (χ4n) is 2.02. The first-order chi connectivity index (χ1) is 8.57. The number of aryl methyl sites for hydroxylation is 2. The first-order valence-electron chi connectivity index (χ1n) is 6.84. The highest BCUT2D eigenvalue weighted by atomic mass is 14.9. The van der Waals surface area contributed by atoms with Crippen LogP contribution in [-0.2, 0) is 5.41 Å². The maximum atomic E-state index is 9.07. The van der Waals surface area contributed by atoms with Gasteiger partial charge >= 0.3 is 0 Å². The third kappa shape index (κ3) is 3.99. The van der Waals surface area contributed by atoms with Crippen molar-refractivity contribution in [3.05, 3.63) is 28.8 Å². The summed E-state index contributed by atoms with van der Waals surface area (Å²) >= 11 is 0. The Morgan fingerprint density at radius 3 is 1.89 bits per heavy atom. The van der Waals surface area contributed by atoms with E-state index in [2.05, 4.69) is 58.1 Å². The molecule has 0 amide bonds. The van der Waals surface area contributed by atoms with Crippen molar-refractivity contribution < 1.29 is 0 Å². The number of nitriles is 1. The van der Waals surface area contributed by atoms with Crippen molar-refractivity contribution in [1.29, 1.82) is 5.26 Å². The molecule has 1 aromatic rings. The van der Waals surface area contributed by atoms with Gasteiger partial charge in [0.15, 0.2) is 0 Å². The highest BCUT2D eigenvalue weighted by molar-refractivity contribution is 5.59. The minimum Gasteiger partial charge on any atom is -0.383 e. The van der Waals surface area contributed by atoms with Gasteiger partial charge in [0.2, 0.25) is 0 Å². The molecule has 104 valence electrons. The molecule has 2 nitrogen and oxygen atoms in total. The molecule has 0 aliphatic heterocycles. The Bertz CT molecular complexity index is 476. The van der Waals surface area contributed by atoms with Gasteiger partial charge in [-0.25, -0.2) is 0 Å². The fraction of sp³-hybridized carbons (Fsp3) is 0.588. The van der Waals surface area contributed by atoms with E-state index in [4.69, 9.17) is 5.26 Å². The summed E-state index contributed by atoms with van der Waals surface area (Å²) in [6.45, 7) is 15.5. The number of hydrogen-bond acceptors (Lipinski definition) is 2. The van der Waals surface area contributed by atoms with Gasteiger partial charge in [0.05, 0.1) is 11.5 Å². The van der Waals surface area contributed by atoms with E-state index in [9.17, 15) is 0 Å². The summed E-state index contributed by atoms with van der Waals surface area (Å²) in [5.74, 6) is 0. The Hall–Kier alpha value is -1.49. The summed E-state index contributed by atoms with van der Waals surface area (Å²) in [5.41, 5.74) is 4.84. The Labute approximate surface area is 117 Å².